The van der Waals surface area contributed by atoms with Crippen LogP contribution in [0.4, 0.5) is 0 Å². The number of piperidine rings is 1. The Hall–Kier alpha value is -2.10. The maximum atomic E-state index is 12.6. The van der Waals surface area contributed by atoms with Crippen LogP contribution in [0.5, 0.6) is 0 Å². The number of hydrogen-bond donors (Lipinski definition) is 0. The Morgan fingerprint density at radius 3 is 2.36 bits per heavy atom. The second-order valence-electron chi connectivity index (χ2n) is 5.60. The third kappa shape index (κ3) is 3.97. The molecule has 1 unspecified atom stereocenters. The highest BCUT2D eigenvalue weighted by atomic mass is 16.5. The van der Waals surface area contributed by atoms with E-state index in [1.165, 1.54) is 7.11 Å². The number of carbonyl (C=O) groups is 2. The smallest absolute Gasteiger partial charge is 0.322 e. The molecule has 1 heterocycles. The van der Waals surface area contributed by atoms with Crippen LogP contribution in [0.25, 0.3) is 5.57 Å². The molecule has 0 N–H and O–H groups in total. The van der Waals surface area contributed by atoms with Crippen LogP contribution in [0.3, 0.4) is 0 Å². The Labute approximate surface area is 131 Å². The number of ether oxygens (including phenoxy) is 1. The molecule has 1 aliphatic rings. The SMILES string of the molecule is COC(=O)C(/C=C(\C)c1ccccc1)C(=O)N1CCCCC1. The predicted molar refractivity (Wildman–Crippen MR) is 86.0 cm³/mol. The highest BCUT2D eigenvalue weighted by Crippen LogP contribution is 2.20. The molecular formula is C18H23NO3. The zero-order valence-electron chi connectivity index (χ0n) is 13.2. The molecule has 0 radical (unpaired) electrons. The Balaban J connectivity index is 2.22. The number of likely N-dealkylation sites (tertiary alicyclic amines) is 1. The standard InChI is InChI=1S/C18H23NO3/c1-14(15-9-5-3-6-10-15)13-16(18(21)22-2)17(20)19-11-7-4-8-12-19/h3,5-6,9-10,13,16H,4,7-8,11-12H2,1-2H3/b14-13+. The lowest BCUT2D eigenvalue weighted by Crippen LogP contribution is -2.42. The van der Waals surface area contributed by atoms with Crippen molar-refractivity contribution in [2.75, 3.05) is 20.2 Å². The summed E-state index contributed by atoms with van der Waals surface area (Å²) in [5.74, 6) is -1.50. The van der Waals surface area contributed by atoms with Gasteiger partial charge in [-0.15, -0.1) is 0 Å². The molecule has 0 aromatic heterocycles. The first kappa shape index (κ1) is 16.3. The number of allylic oxidation sites excluding steroid dienone is 1. The van der Waals surface area contributed by atoms with Gasteiger partial charge in [0, 0.05) is 13.1 Å². The van der Waals surface area contributed by atoms with Gasteiger partial charge >= 0.3 is 5.97 Å². The van der Waals surface area contributed by atoms with E-state index in [2.05, 4.69) is 0 Å². The molecule has 22 heavy (non-hydrogen) atoms. The van der Waals surface area contributed by atoms with Crippen LogP contribution in [0, 0.1) is 5.92 Å². The molecule has 1 aliphatic heterocycles. The lowest BCUT2D eigenvalue weighted by Gasteiger charge is -2.28. The molecule has 0 saturated carbocycles. The van der Waals surface area contributed by atoms with Crippen LogP contribution in [0.2, 0.25) is 0 Å². The Morgan fingerprint density at radius 1 is 1.14 bits per heavy atom. The first-order valence-corrected chi connectivity index (χ1v) is 7.74. The van der Waals surface area contributed by atoms with Gasteiger partial charge in [-0.2, -0.15) is 0 Å². The predicted octanol–water partition coefficient (Wildman–Crippen LogP) is 2.89. The minimum absolute atomic E-state index is 0.151. The molecule has 2 rings (SSSR count). The summed E-state index contributed by atoms with van der Waals surface area (Å²) in [6.07, 6.45) is 4.87. The molecule has 4 heteroatoms. The number of nitrogens with zero attached hydrogens (tertiary/aromatic N) is 1. The fraction of sp³-hybridized carbons (Fsp3) is 0.444. The molecule has 1 atom stereocenters. The summed E-state index contributed by atoms with van der Waals surface area (Å²) in [4.78, 5) is 26.5. The molecule has 1 amide bonds. The molecular weight excluding hydrogens is 278 g/mol. The highest BCUT2D eigenvalue weighted by molar-refractivity contribution is 6.01. The number of amides is 1. The van der Waals surface area contributed by atoms with E-state index >= 15 is 0 Å². The molecule has 0 bridgehead atoms. The number of rotatable bonds is 4. The monoisotopic (exact) mass is 301 g/mol. The van der Waals surface area contributed by atoms with Gasteiger partial charge in [0.25, 0.3) is 0 Å². The summed E-state index contributed by atoms with van der Waals surface area (Å²) in [6, 6.07) is 9.74. The maximum Gasteiger partial charge on any atom is 0.322 e. The van der Waals surface area contributed by atoms with Crippen LogP contribution in [-0.4, -0.2) is 37.0 Å². The Bertz CT molecular complexity index is 545. The summed E-state index contributed by atoms with van der Waals surface area (Å²) < 4.78 is 4.83. The highest BCUT2D eigenvalue weighted by Gasteiger charge is 2.30. The van der Waals surface area contributed by atoms with E-state index in [0.29, 0.717) is 0 Å². The van der Waals surface area contributed by atoms with Crippen LogP contribution in [0.1, 0.15) is 31.7 Å². The van der Waals surface area contributed by atoms with E-state index in [1.54, 1.807) is 11.0 Å². The summed E-state index contributed by atoms with van der Waals surface area (Å²) in [5.41, 5.74) is 1.91. The lowest BCUT2D eigenvalue weighted by atomic mass is 9.99. The van der Waals surface area contributed by atoms with Gasteiger partial charge in [-0.1, -0.05) is 36.4 Å². The number of methoxy groups -OCH3 is 1. The van der Waals surface area contributed by atoms with Crippen LogP contribution < -0.4 is 0 Å². The van der Waals surface area contributed by atoms with Gasteiger partial charge in [-0.3, -0.25) is 9.59 Å². The van der Waals surface area contributed by atoms with Gasteiger partial charge in [-0.25, -0.2) is 0 Å². The Kier molecular flexibility index (Phi) is 5.75. The van der Waals surface area contributed by atoms with Gasteiger partial charge in [0.15, 0.2) is 5.92 Å². The molecule has 118 valence electrons. The van der Waals surface area contributed by atoms with E-state index < -0.39 is 11.9 Å². The van der Waals surface area contributed by atoms with Crippen molar-refractivity contribution < 1.29 is 14.3 Å². The molecule has 1 fully saturated rings. The fourth-order valence-electron chi connectivity index (χ4n) is 2.73. The van der Waals surface area contributed by atoms with E-state index in [-0.39, 0.29) is 5.91 Å². The summed E-state index contributed by atoms with van der Waals surface area (Å²) in [7, 11) is 1.32. The number of benzene rings is 1. The van der Waals surface area contributed by atoms with Crippen LogP contribution in [0.15, 0.2) is 36.4 Å². The molecule has 0 aliphatic carbocycles. The maximum absolute atomic E-state index is 12.6. The van der Waals surface area contributed by atoms with E-state index in [1.807, 2.05) is 37.3 Å². The van der Waals surface area contributed by atoms with Gasteiger partial charge in [0.1, 0.15) is 0 Å². The fourth-order valence-corrected chi connectivity index (χ4v) is 2.73. The van der Waals surface area contributed by atoms with Crippen LogP contribution in [-0.2, 0) is 14.3 Å². The molecule has 1 aromatic rings. The molecule has 1 aromatic carbocycles. The second-order valence-corrected chi connectivity index (χ2v) is 5.60. The van der Waals surface area contributed by atoms with Crippen molar-refractivity contribution in [1.29, 1.82) is 0 Å². The van der Waals surface area contributed by atoms with Crippen molar-refractivity contribution in [3.8, 4) is 0 Å². The third-order valence-corrected chi connectivity index (χ3v) is 4.03. The quantitative estimate of drug-likeness (QED) is 0.634. The average molecular weight is 301 g/mol. The van der Waals surface area contributed by atoms with Crippen molar-refractivity contribution in [1.82, 2.24) is 4.90 Å². The minimum atomic E-state index is -0.858. The zero-order chi connectivity index (χ0) is 15.9. The van der Waals surface area contributed by atoms with Crippen molar-refractivity contribution in [2.24, 2.45) is 5.92 Å². The lowest BCUT2D eigenvalue weighted by molar-refractivity contribution is -0.151. The number of hydrogen-bond acceptors (Lipinski definition) is 3. The molecule has 4 nitrogen and oxygen atoms in total. The van der Waals surface area contributed by atoms with Gasteiger partial charge in [-0.05, 0) is 37.3 Å². The third-order valence-electron chi connectivity index (χ3n) is 4.03. The topological polar surface area (TPSA) is 46.6 Å². The van der Waals surface area contributed by atoms with Crippen molar-refractivity contribution >= 4 is 17.4 Å². The first-order chi connectivity index (χ1) is 10.6. The Morgan fingerprint density at radius 2 is 1.77 bits per heavy atom. The average Bonchev–Trinajstić information content (AvgIpc) is 2.59. The largest absolute Gasteiger partial charge is 0.468 e. The first-order valence-electron chi connectivity index (χ1n) is 7.74. The van der Waals surface area contributed by atoms with E-state index in [9.17, 15) is 9.59 Å². The van der Waals surface area contributed by atoms with E-state index in [4.69, 9.17) is 4.74 Å². The number of esters is 1. The molecule has 1 saturated heterocycles. The second kappa shape index (κ2) is 7.78. The summed E-state index contributed by atoms with van der Waals surface area (Å²) >= 11 is 0. The van der Waals surface area contributed by atoms with E-state index in [0.717, 1.165) is 43.5 Å². The van der Waals surface area contributed by atoms with Crippen molar-refractivity contribution in [3.05, 3.63) is 42.0 Å². The van der Waals surface area contributed by atoms with Gasteiger partial charge < -0.3 is 9.64 Å². The van der Waals surface area contributed by atoms with Gasteiger partial charge in [0.05, 0.1) is 7.11 Å². The zero-order valence-corrected chi connectivity index (χ0v) is 13.2. The minimum Gasteiger partial charge on any atom is -0.468 e. The summed E-state index contributed by atoms with van der Waals surface area (Å²) in [6.45, 7) is 3.36. The summed E-state index contributed by atoms with van der Waals surface area (Å²) in [5, 5.41) is 0. The number of carbonyl (C=O) groups excluding carboxylic acids is 2. The van der Waals surface area contributed by atoms with Gasteiger partial charge in [0.2, 0.25) is 5.91 Å². The van der Waals surface area contributed by atoms with Crippen molar-refractivity contribution in [3.63, 3.8) is 0 Å². The normalized spacial score (nSPS) is 17.0. The van der Waals surface area contributed by atoms with Crippen molar-refractivity contribution in [2.45, 2.75) is 26.2 Å². The van der Waals surface area contributed by atoms with Crippen LogP contribution >= 0.6 is 0 Å². The molecule has 0 spiro atoms.